The zero-order valence-electron chi connectivity index (χ0n) is 16.0. The minimum Gasteiger partial charge on any atom is -0.354 e. The quantitative estimate of drug-likeness (QED) is 0.640. The Hall–Kier alpha value is -3.04. The van der Waals surface area contributed by atoms with Crippen molar-refractivity contribution in [3.63, 3.8) is 0 Å². The largest absolute Gasteiger partial charge is 0.354 e. The molecule has 0 radical (unpaired) electrons. The predicted octanol–water partition coefficient (Wildman–Crippen LogP) is 3.48. The highest BCUT2D eigenvalue weighted by molar-refractivity contribution is 8.05. The van der Waals surface area contributed by atoms with E-state index in [0.29, 0.717) is 17.1 Å². The third-order valence-electron chi connectivity index (χ3n) is 4.53. The summed E-state index contributed by atoms with van der Waals surface area (Å²) < 4.78 is 0. The molecule has 0 aromatic heterocycles. The van der Waals surface area contributed by atoms with Gasteiger partial charge in [0.2, 0.25) is 5.91 Å². The molecule has 2 amide bonds. The van der Waals surface area contributed by atoms with Crippen LogP contribution in [-0.2, 0) is 16.0 Å². The number of anilines is 1. The first-order valence-corrected chi connectivity index (χ1v) is 9.82. The van der Waals surface area contributed by atoms with Crippen LogP contribution in [0.2, 0.25) is 0 Å². The maximum absolute atomic E-state index is 13.3. The van der Waals surface area contributed by atoms with Gasteiger partial charge in [0, 0.05) is 12.7 Å². The van der Waals surface area contributed by atoms with Crippen LogP contribution in [0.25, 0.3) is 0 Å². The molecule has 0 saturated carbocycles. The average molecular weight is 391 g/mol. The van der Waals surface area contributed by atoms with Crippen LogP contribution in [0.5, 0.6) is 0 Å². The Labute approximate surface area is 169 Å². The molecule has 1 saturated heterocycles. The Balaban J connectivity index is 2.04. The Kier molecular flexibility index (Phi) is 5.86. The Morgan fingerprint density at radius 2 is 1.89 bits per heavy atom. The van der Waals surface area contributed by atoms with Gasteiger partial charge in [-0.25, -0.2) is 0 Å². The molecule has 1 fully saturated rings. The molecule has 5 nitrogen and oxygen atoms in total. The van der Waals surface area contributed by atoms with Crippen LogP contribution in [-0.4, -0.2) is 24.1 Å². The molecule has 28 heavy (non-hydrogen) atoms. The number of rotatable bonds is 4. The van der Waals surface area contributed by atoms with E-state index in [1.165, 1.54) is 23.7 Å². The monoisotopic (exact) mass is 391 g/mol. The fourth-order valence-corrected chi connectivity index (χ4v) is 4.40. The van der Waals surface area contributed by atoms with E-state index < -0.39 is 11.2 Å². The van der Waals surface area contributed by atoms with Crippen molar-refractivity contribution in [2.24, 2.45) is 0 Å². The van der Waals surface area contributed by atoms with E-state index in [0.717, 1.165) is 16.7 Å². The van der Waals surface area contributed by atoms with Gasteiger partial charge in [-0.1, -0.05) is 59.3 Å². The van der Waals surface area contributed by atoms with Crippen molar-refractivity contribution < 1.29 is 9.59 Å². The van der Waals surface area contributed by atoms with Gasteiger partial charge in [-0.3, -0.25) is 14.5 Å². The zero-order chi connectivity index (χ0) is 20.3. The summed E-state index contributed by atoms with van der Waals surface area (Å²) in [6.07, 6.45) is 0.531. The molecular formula is C22H21N3O2S. The van der Waals surface area contributed by atoms with Gasteiger partial charge in [-0.2, -0.15) is 5.26 Å². The number of nitriles is 1. The lowest BCUT2D eigenvalue weighted by atomic mass is 10.1. The van der Waals surface area contributed by atoms with Gasteiger partial charge in [0.05, 0.1) is 5.25 Å². The third kappa shape index (κ3) is 3.95. The second kappa shape index (κ2) is 8.32. The molecule has 0 bridgehead atoms. The number of likely N-dealkylation sites (N-methyl/N-ethyl adjacent to an activating group) is 1. The number of carbonyl (C=O) groups is 2. The minimum atomic E-state index is -0.494. The first-order chi connectivity index (χ1) is 13.4. The maximum Gasteiger partial charge on any atom is 0.264 e. The summed E-state index contributed by atoms with van der Waals surface area (Å²) >= 11 is 1.28. The summed E-state index contributed by atoms with van der Waals surface area (Å²) in [6, 6.07) is 17.5. The minimum absolute atomic E-state index is 0.0480. The van der Waals surface area contributed by atoms with Gasteiger partial charge in [0.1, 0.15) is 16.7 Å². The molecule has 2 aromatic carbocycles. The summed E-state index contributed by atoms with van der Waals surface area (Å²) in [5.41, 5.74) is 3.85. The van der Waals surface area contributed by atoms with Crippen LogP contribution >= 0.6 is 11.8 Å². The third-order valence-corrected chi connectivity index (χ3v) is 5.79. The predicted molar refractivity (Wildman–Crippen MR) is 112 cm³/mol. The topological polar surface area (TPSA) is 73.2 Å². The zero-order valence-corrected chi connectivity index (χ0v) is 16.8. The highest BCUT2D eigenvalue weighted by Crippen LogP contribution is 2.41. The Morgan fingerprint density at radius 1 is 1.18 bits per heavy atom. The molecule has 0 unspecified atom stereocenters. The molecule has 1 aliphatic heterocycles. The van der Waals surface area contributed by atoms with E-state index in [2.05, 4.69) is 11.4 Å². The highest BCUT2D eigenvalue weighted by atomic mass is 32.2. The van der Waals surface area contributed by atoms with Crippen molar-refractivity contribution in [3.05, 3.63) is 75.8 Å². The number of hydrogen-bond donors (Lipinski definition) is 1. The maximum atomic E-state index is 13.3. The number of carbonyl (C=O) groups excluding carboxylic acids is 2. The average Bonchev–Trinajstić information content (AvgIpc) is 2.99. The van der Waals surface area contributed by atoms with Crippen LogP contribution < -0.4 is 10.2 Å². The van der Waals surface area contributed by atoms with Gasteiger partial charge in [0.15, 0.2) is 0 Å². The molecule has 0 spiro atoms. The van der Waals surface area contributed by atoms with Crippen molar-refractivity contribution in [2.75, 3.05) is 11.9 Å². The van der Waals surface area contributed by atoms with Crippen molar-refractivity contribution in [3.8, 4) is 6.07 Å². The van der Waals surface area contributed by atoms with Crippen LogP contribution in [0.3, 0.4) is 0 Å². The van der Waals surface area contributed by atoms with Crippen LogP contribution in [0, 0.1) is 25.2 Å². The molecule has 1 N–H and O–H groups in total. The molecule has 0 aliphatic carbocycles. The number of nitrogens with one attached hydrogen (secondary N) is 1. The number of aryl methyl sites for hydroxylation is 2. The second-order valence-electron chi connectivity index (χ2n) is 6.68. The lowest BCUT2D eigenvalue weighted by Gasteiger charge is -2.18. The van der Waals surface area contributed by atoms with Crippen molar-refractivity contribution >= 4 is 29.3 Å². The fourth-order valence-electron chi connectivity index (χ4n) is 3.09. The van der Waals surface area contributed by atoms with E-state index in [1.54, 1.807) is 0 Å². The van der Waals surface area contributed by atoms with E-state index in [-0.39, 0.29) is 11.5 Å². The van der Waals surface area contributed by atoms with E-state index >= 15 is 0 Å². The lowest BCUT2D eigenvalue weighted by molar-refractivity contribution is -0.117. The summed E-state index contributed by atoms with van der Waals surface area (Å²) in [5, 5.41) is 12.1. The summed E-state index contributed by atoms with van der Waals surface area (Å²) in [4.78, 5) is 27.0. The number of hydrogen-bond acceptors (Lipinski definition) is 4. The Morgan fingerprint density at radius 3 is 2.50 bits per heavy atom. The lowest BCUT2D eigenvalue weighted by Crippen LogP contribution is -2.31. The van der Waals surface area contributed by atoms with Gasteiger partial charge in [-0.05, 0) is 38.0 Å². The van der Waals surface area contributed by atoms with Gasteiger partial charge >= 0.3 is 0 Å². The molecule has 1 heterocycles. The SMILES string of the molecule is CNC(=O)/C(C#N)=C1\S[C@@H](Cc2cccc(C)c2)C(=O)N1c1ccc(C)cc1. The van der Waals surface area contributed by atoms with Crippen molar-refractivity contribution in [1.82, 2.24) is 5.32 Å². The summed E-state index contributed by atoms with van der Waals surface area (Å²) in [5.74, 6) is -0.617. The number of amides is 2. The van der Waals surface area contributed by atoms with Crippen LogP contribution in [0.4, 0.5) is 5.69 Å². The van der Waals surface area contributed by atoms with Crippen molar-refractivity contribution in [2.45, 2.75) is 25.5 Å². The molecule has 142 valence electrons. The number of benzene rings is 2. The first kappa shape index (κ1) is 19.7. The molecule has 3 rings (SSSR count). The van der Waals surface area contributed by atoms with E-state index in [4.69, 9.17) is 0 Å². The summed E-state index contributed by atoms with van der Waals surface area (Å²) in [6.45, 7) is 3.98. The van der Waals surface area contributed by atoms with Gasteiger partial charge in [-0.15, -0.1) is 0 Å². The van der Waals surface area contributed by atoms with Gasteiger partial charge in [0.25, 0.3) is 5.91 Å². The van der Waals surface area contributed by atoms with Gasteiger partial charge < -0.3 is 5.32 Å². The molecule has 2 aromatic rings. The summed E-state index contributed by atoms with van der Waals surface area (Å²) in [7, 11) is 1.47. The molecule has 1 atom stereocenters. The highest BCUT2D eigenvalue weighted by Gasteiger charge is 2.40. The molecule has 6 heteroatoms. The Bertz CT molecular complexity index is 990. The normalized spacial score (nSPS) is 18.0. The van der Waals surface area contributed by atoms with Crippen molar-refractivity contribution in [1.29, 1.82) is 5.26 Å². The number of thioether (sulfide) groups is 1. The van der Waals surface area contributed by atoms with E-state index in [1.807, 2.05) is 62.4 Å². The first-order valence-electron chi connectivity index (χ1n) is 8.94. The molecule has 1 aliphatic rings. The molecular weight excluding hydrogens is 370 g/mol. The fraction of sp³-hybridized carbons (Fsp3) is 0.227. The smallest absolute Gasteiger partial charge is 0.264 e. The van der Waals surface area contributed by atoms with Crippen LogP contribution in [0.1, 0.15) is 16.7 Å². The standard InChI is InChI=1S/C22H21N3O2S/c1-14-7-9-17(10-8-14)25-21(27)19(12-16-6-4-5-15(2)11-16)28-22(25)18(13-23)20(26)24-3/h4-11,19H,12H2,1-3H3,(H,24,26)/b22-18-/t19-/m0/s1. The van der Waals surface area contributed by atoms with Crippen LogP contribution in [0.15, 0.2) is 59.1 Å². The van der Waals surface area contributed by atoms with E-state index in [9.17, 15) is 14.9 Å². The second-order valence-corrected chi connectivity index (χ2v) is 7.87. The number of nitrogens with zero attached hydrogens (tertiary/aromatic N) is 2.